The number of carbonyl (C=O) groups excluding carboxylic acids is 3. The zero-order valence-corrected chi connectivity index (χ0v) is 28.4. The number of benzene rings is 3. The molecule has 1 unspecified atom stereocenters. The second kappa shape index (κ2) is 17.6. The predicted octanol–water partition coefficient (Wildman–Crippen LogP) is 4.78. The number of urea groups is 2. The molecule has 0 aliphatic carbocycles. The predicted molar refractivity (Wildman–Crippen MR) is 186 cm³/mol. The fourth-order valence-corrected chi connectivity index (χ4v) is 5.65. The zero-order chi connectivity index (χ0) is 35.3. The molecule has 0 saturated carbocycles. The standard InChI is InChI=1S/C36H45N5O8/c1-24-7-5-6-8-28(24)38-35(45)39-29-11-9-26(20-31(29)48-3)21-33(42)37-22-27-14-17-41(23-27)36(46)40(18-15-34(43)44)16-13-25-10-12-30(47-2)32(19-25)49-4/h5-12,19-20,27H,13-18,21-23H2,1-4H3,(H,37,42)(H,43,44)(H2,38,39,45). The Bertz CT molecular complexity index is 1630. The van der Waals surface area contributed by atoms with Crippen molar-refractivity contribution in [3.05, 3.63) is 77.4 Å². The van der Waals surface area contributed by atoms with Gasteiger partial charge in [0.05, 0.1) is 39.9 Å². The molecule has 49 heavy (non-hydrogen) atoms. The lowest BCUT2D eigenvalue weighted by molar-refractivity contribution is -0.137. The number of carbonyl (C=O) groups is 4. The Morgan fingerprint density at radius 2 is 1.55 bits per heavy atom. The molecule has 3 aromatic carbocycles. The third kappa shape index (κ3) is 10.5. The minimum Gasteiger partial charge on any atom is -0.495 e. The van der Waals surface area contributed by atoms with E-state index in [4.69, 9.17) is 14.2 Å². The van der Waals surface area contributed by atoms with Gasteiger partial charge >= 0.3 is 18.0 Å². The number of anilines is 2. The van der Waals surface area contributed by atoms with Gasteiger partial charge < -0.3 is 45.1 Å². The highest BCUT2D eigenvalue weighted by Crippen LogP contribution is 2.28. The molecule has 1 aliphatic rings. The van der Waals surface area contributed by atoms with E-state index in [1.807, 2.05) is 43.3 Å². The first-order valence-corrected chi connectivity index (χ1v) is 16.1. The van der Waals surface area contributed by atoms with Crippen LogP contribution in [-0.2, 0) is 22.4 Å². The van der Waals surface area contributed by atoms with Crippen LogP contribution < -0.4 is 30.2 Å². The molecular weight excluding hydrogens is 630 g/mol. The van der Waals surface area contributed by atoms with Crippen LogP contribution in [-0.4, -0.2) is 92.9 Å². The molecule has 0 aromatic heterocycles. The summed E-state index contributed by atoms with van der Waals surface area (Å²) in [5, 5.41) is 17.9. The van der Waals surface area contributed by atoms with Crippen molar-refractivity contribution >= 4 is 35.3 Å². The molecule has 3 aromatic rings. The number of rotatable bonds is 15. The Balaban J connectivity index is 1.27. The van der Waals surface area contributed by atoms with Crippen molar-refractivity contribution in [2.75, 3.05) is 64.7 Å². The number of amides is 5. The summed E-state index contributed by atoms with van der Waals surface area (Å²) in [6, 6.07) is 17.5. The molecule has 13 nitrogen and oxygen atoms in total. The molecule has 262 valence electrons. The van der Waals surface area contributed by atoms with E-state index in [9.17, 15) is 24.3 Å². The van der Waals surface area contributed by atoms with Gasteiger partial charge in [0.15, 0.2) is 11.5 Å². The second-order valence-corrected chi connectivity index (χ2v) is 11.9. The lowest BCUT2D eigenvalue weighted by atomic mass is 10.1. The van der Waals surface area contributed by atoms with Crippen LogP contribution in [0.5, 0.6) is 17.2 Å². The number of hydrogen-bond acceptors (Lipinski definition) is 7. The summed E-state index contributed by atoms with van der Waals surface area (Å²) >= 11 is 0. The Hall–Kier alpha value is -5.46. The monoisotopic (exact) mass is 675 g/mol. The fraction of sp³-hybridized carbons (Fsp3) is 0.389. The fourth-order valence-electron chi connectivity index (χ4n) is 5.65. The van der Waals surface area contributed by atoms with Crippen molar-refractivity contribution in [2.45, 2.75) is 32.6 Å². The maximum Gasteiger partial charge on any atom is 0.323 e. The van der Waals surface area contributed by atoms with E-state index in [1.165, 1.54) is 7.11 Å². The first kappa shape index (κ1) is 36.4. The molecule has 0 radical (unpaired) electrons. The van der Waals surface area contributed by atoms with E-state index >= 15 is 0 Å². The molecular formula is C36H45N5O8. The van der Waals surface area contributed by atoms with E-state index in [0.29, 0.717) is 73.2 Å². The molecule has 0 spiro atoms. The lowest BCUT2D eigenvalue weighted by Crippen LogP contribution is -2.44. The molecule has 0 bridgehead atoms. The minimum atomic E-state index is -0.974. The maximum atomic E-state index is 13.5. The molecule has 1 aliphatic heterocycles. The normalized spacial score (nSPS) is 13.7. The second-order valence-electron chi connectivity index (χ2n) is 11.9. The van der Waals surface area contributed by atoms with Crippen LogP contribution in [0.3, 0.4) is 0 Å². The number of para-hydroxylation sites is 1. The van der Waals surface area contributed by atoms with Crippen molar-refractivity contribution in [1.82, 2.24) is 15.1 Å². The van der Waals surface area contributed by atoms with Gasteiger partial charge in [0.2, 0.25) is 5.91 Å². The van der Waals surface area contributed by atoms with E-state index in [2.05, 4.69) is 16.0 Å². The number of aryl methyl sites for hydroxylation is 1. The van der Waals surface area contributed by atoms with Gasteiger partial charge in [-0.2, -0.15) is 0 Å². The average molecular weight is 676 g/mol. The summed E-state index contributed by atoms with van der Waals surface area (Å²) in [7, 11) is 4.61. The van der Waals surface area contributed by atoms with Gasteiger partial charge in [-0.25, -0.2) is 9.59 Å². The molecule has 5 amide bonds. The highest BCUT2D eigenvalue weighted by Gasteiger charge is 2.30. The van der Waals surface area contributed by atoms with Crippen molar-refractivity contribution in [3.63, 3.8) is 0 Å². The lowest BCUT2D eigenvalue weighted by Gasteiger charge is -2.28. The van der Waals surface area contributed by atoms with Gasteiger partial charge in [-0.05, 0) is 72.7 Å². The molecule has 1 atom stereocenters. The molecule has 13 heteroatoms. The summed E-state index contributed by atoms with van der Waals surface area (Å²) < 4.78 is 16.1. The number of carboxylic acids is 1. The van der Waals surface area contributed by atoms with Gasteiger partial charge in [-0.3, -0.25) is 9.59 Å². The smallest absolute Gasteiger partial charge is 0.323 e. The molecule has 4 rings (SSSR count). The Morgan fingerprint density at radius 1 is 0.857 bits per heavy atom. The number of ether oxygens (including phenoxy) is 3. The van der Waals surface area contributed by atoms with E-state index in [1.54, 1.807) is 48.3 Å². The van der Waals surface area contributed by atoms with Crippen LogP contribution in [0.25, 0.3) is 0 Å². The first-order chi connectivity index (χ1) is 23.6. The van der Waals surface area contributed by atoms with Crippen molar-refractivity contribution in [2.24, 2.45) is 5.92 Å². The topological polar surface area (TPSA) is 159 Å². The van der Waals surface area contributed by atoms with Crippen LogP contribution in [0.1, 0.15) is 29.5 Å². The van der Waals surface area contributed by atoms with Gasteiger partial charge in [-0.1, -0.05) is 30.3 Å². The Morgan fingerprint density at radius 3 is 2.27 bits per heavy atom. The van der Waals surface area contributed by atoms with E-state index in [0.717, 1.165) is 11.1 Å². The maximum absolute atomic E-state index is 13.5. The van der Waals surface area contributed by atoms with E-state index in [-0.39, 0.29) is 37.2 Å². The van der Waals surface area contributed by atoms with Gasteiger partial charge in [0.1, 0.15) is 5.75 Å². The third-order valence-corrected chi connectivity index (χ3v) is 8.40. The van der Waals surface area contributed by atoms with Gasteiger partial charge in [-0.15, -0.1) is 0 Å². The number of carboxylic acid groups (broad SMARTS) is 1. The van der Waals surface area contributed by atoms with Gasteiger partial charge in [0.25, 0.3) is 0 Å². The minimum absolute atomic E-state index is 0.0629. The summed E-state index contributed by atoms with van der Waals surface area (Å²) in [5.41, 5.74) is 3.74. The summed E-state index contributed by atoms with van der Waals surface area (Å²) in [5.74, 6) is 0.521. The molecule has 1 saturated heterocycles. The number of methoxy groups -OCH3 is 3. The molecule has 1 fully saturated rings. The van der Waals surface area contributed by atoms with Crippen LogP contribution in [0, 0.1) is 12.8 Å². The highest BCUT2D eigenvalue weighted by molar-refractivity contribution is 6.01. The number of nitrogens with zero attached hydrogens (tertiary/aromatic N) is 2. The number of nitrogens with one attached hydrogen (secondary N) is 3. The number of likely N-dealkylation sites (tertiary alicyclic amines) is 1. The summed E-state index contributed by atoms with van der Waals surface area (Å²) in [6.07, 6.45) is 1.18. The van der Waals surface area contributed by atoms with Crippen LogP contribution in [0.15, 0.2) is 60.7 Å². The number of aliphatic carboxylic acids is 1. The summed E-state index contributed by atoms with van der Waals surface area (Å²) in [4.78, 5) is 53.5. The van der Waals surface area contributed by atoms with Crippen LogP contribution in [0.4, 0.5) is 21.0 Å². The van der Waals surface area contributed by atoms with Crippen molar-refractivity contribution in [3.8, 4) is 17.2 Å². The molecule has 4 N–H and O–H groups in total. The Labute approximate surface area is 286 Å². The quantitative estimate of drug-likeness (QED) is 0.179. The summed E-state index contributed by atoms with van der Waals surface area (Å²) in [6.45, 7) is 3.71. The highest BCUT2D eigenvalue weighted by atomic mass is 16.5. The third-order valence-electron chi connectivity index (χ3n) is 8.40. The van der Waals surface area contributed by atoms with Crippen LogP contribution in [0.2, 0.25) is 0 Å². The largest absolute Gasteiger partial charge is 0.495 e. The SMILES string of the molecule is COc1cc(CC(=O)NCC2CCN(C(=O)N(CCC(=O)O)CCc3ccc(OC)c(OC)c3)C2)ccc1NC(=O)Nc1ccccc1C. The van der Waals surface area contributed by atoms with Gasteiger partial charge in [0, 0.05) is 38.4 Å². The first-order valence-electron chi connectivity index (χ1n) is 16.1. The van der Waals surface area contributed by atoms with Crippen LogP contribution >= 0.6 is 0 Å². The zero-order valence-electron chi connectivity index (χ0n) is 28.4. The Kier molecular flexibility index (Phi) is 13.1. The van der Waals surface area contributed by atoms with Crippen molar-refractivity contribution < 1.29 is 38.5 Å². The average Bonchev–Trinajstić information content (AvgIpc) is 3.57. The molecule has 1 heterocycles. The van der Waals surface area contributed by atoms with Crippen molar-refractivity contribution in [1.29, 1.82) is 0 Å². The number of hydrogen-bond donors (Lipinski definition) is 4. The van der Waals surface area contributed by atoms with E-state index < -0.39 is 12.0 Å².